The lowest BCUT2D eigenvalue weighted by Gasteiger charge is -2.18. The average molecular weight is 407 g/mol. The van der Waals surface area contributed by atoms with E-state index in [-0.39, 0.29) is 6.61 Å². The van der Waals surface area contributed by atoms with Crippen LogP contribution in [0.1, 0.15) is 49.9 Å². The zero-order valence-electron chi connectivity index (χ0n) is 15.9. The number of amides is 2. The number of carbonyl (C=O) groups is 4. The summed E-state index contributed by atoms with van der Waals surface area (Å²) < 4.78 is 38.2. The van der Waals surface area contributed by atoms with Crippen molar-refractivity contribution in [3.8, 4) is 0 Å². The van der Waals surface area contributed by atoms with Gasteiger partial charge in [0, 0.05) is 17.2 Å². The third kappa shape index (κ3) is 3.76. The van der Waals surface area contributed by atoms with Gasteiger partial charge in [-0.05, 0) is 45.6 Å². The summed E-state index contributed by atoms with van der Waals surface area (Å²) in [6, 6.07) is 1.15. The number of benzene rings is 1. The first kappa shape index (κ1) is 20.6. The Kier molecular flexibility index (Phi) is 5.76. The summed E-state index contributed by atoms with van der Waals surface area (Å²) in [5.41, 5.74) is -0.593. The van der Waals surface area contributed by atoms with Crippen LogP contribution in [0.5, 0.6) is 0 Å². The van der Waals surface area contributed by atoms with Crippen molar-refractivity contribution in [1.82, 2.24) is 0 Å². The minimum absolute atomic E-state index is 0.0621. The molecule has 0 saturated carbocycles. The number of nitrogens with zero attached hydrogens (tertiary/aromatic N) is 1. The number of ether oxygens (including phenoxy) is 2. The molecule has 29 heavy (non-hydrogen) atoms. The highest BCUT2D eigenvalue weighted by atomic mass is 19.1. The number of rotatable bonds is 5. The third-order valence-corrected chi connectivity index (χ3v) is 4.79. The van der Waals surface area contributed by atoms with E-state index in [1.54, 1.807) is 6.92 Å². The molecule has 0 fully saturated rings. The summed E-state index contributed by atoms with van der Waals surface area (Å²) in [4.78, 5) is 49.7. The van der Waals surface area contributed by atoms with Gasteiger partial charge in [-0.15, -0.1) is 0 Å². The normalized spacial score (nSPS) is 17.3. The van der Waals surface area contributed by atoms with Crippen LogP contribution in [0.15, 0.2) is 23.3 Å². The Labute approximate surface area is 165 Å². The summed E-state index contributed by atoms with van der Waals surface area (Å²) in [7, 11) is 0. The van der Waals surface area contributed by atoms with Gasteiger partial charge in [0.1, 0.15) is 11.6 Å². The SMILES string of the molecule is CCOC(=O)C(C)OC(=O)c1cc(N2C(=O)C3=C(CCCC3)C2=O)c(F)cc1F. The first-order chi connectivity index (χ1) is 13.8. The molecule has 0 radical (unpaired) electrons. The van der Waals surface area contributed by atoms with Gasteiger partial charge >= 0.3 is 11.9 Å². The smallest absolute Gasteiger partial charge is 0.347 e. The van der Waals surface area contributed by atoms with Gasteiger partial charge in [0.05, 0.1) is 17.9 Å². The molecule has 0 bridgehead atoms. The van der Waals surface area contributed by atoms with E-state index in [1.807, 2.05) is 0 Å². The van der Waals surface area contributed by atoms with Crippen molar-refractivity contribution in [2.45, 2.75) is 45.6 Å². The third-order valence-electron chi connectivity index (χ3n) is 4.79. The summed E-state index contributed by atoms with van der Waals surface area (Å²) in [5, 5.41) is 0. The van der Waals surface area contributed by atoms with Gasteiger partial charge in [0.25, 0.3) is 11.8 Å². The van der Waals surface area contributed by atoms with Gasteiger partial charge in [-0.25, -0.2) is 23.3 Å². The Balaban J connectivity index is 1.91. The summed E-state index contributed by atoms with van der Waals surface area (Å²) >= 11 is 0. The monoisotopic (exact) mass is 407 g/mol. The molecule has 2 aliphatic rings. The lowest BCUT2D eigenvalue weighted by molar-refractivity contribution is -0.152. The van der Waals surface area contributed by atoms with Crippen molar-refractivity contribution in [3.05, 3.63) is 40.5 Å². The standard InChI is InChI=1S/C20H19F2NO6/c1-3-28-19(26)10(2)29-20(27)13-8-16(15(22)9-14(13)21)23-17(24)11-6-4-5-7-12(11)18(23)25/h8-10H,3-7H2,1-2H3. The fourth-order valence-electron chi connectivity index (χ4n) is 3.36. The molecular weight excluding hydrogens is 388 g/mol. The number of hydrogen-bond acceptors (Lipinski definition) is 6. The van der Waals surface area contributed by atoms with Crippen LogP contribution in [0.3, 0.4) is 0 Å². The highest BCUT2D eigenvalue weighted by molar-refractivity contribution is 6.33. The van der Waals surface area contributed by atoms with Gasteiger partial charge in [0.2, 0.25) is 0 Å². The quantitative estimate of drug-likeness (QED) is 0.551. The fourth-order valence-corrected chi connectivity index (χ4v) is 3.36. The number of anilines is 1. The van der Waals surface area contributed by atoms with Crippen LogP contribution in [0.2, 0.25) is 0 Å². The zero-order chi connectivity index (χ0) is 21.3. The van der Waals surface area contributed by atoms with Crippen LogP contribution in [0, 0.1) is 11.6 Å². The van der Waals surface area contributed by atoms with Crippen molar-refractivity contribution in [1.29, 1.82) is 0 Å². The molecule has 1 unspecified atom stereocenters. The summed E-state index contributed by atoms with van der Waals surface area (Å²) in [6.45, 7) is 2.87. The van der Waals surface area contributed by atoms with Gasteiger partial charge in [-0.3, -0.25) is 9.59 Å². The molecule has 154 valence electrons. The molecule has 9 heteroatoms. The molecule has 1 atom stereocenters. The minimum Gasteiger partial charge on any atom is -0.463 e. The van der Waals surface area contributed by atoms with Crippen LogP contribution in [0.25, 0.3) is 0 Å². The highest BCUT2D eigenvalue weighted by Gasteiger charge is 2.41. The fraction of sp³-hybridized carbons (Fsp3) is 0.400. The molecule has 0 spiro atoms. The number of imide groups is 1. The van der Waals surface area contributed by atoms with Gasteiger partial charge < -0.3 is 9.47 Å². The lowest BCUT2D eigenvalue weighted by Crippen LogP contribution is -2.33. The van der Waals surface area contributed by atoms with Crippen LogP contribution in [-0.4, -0.2) is 36.5 Å². The Bertz CT molecular complexity index is 911. The second-order valence-electron chi connectivity index (χ2n) is 6.69. The van der Waals surface area contributed by atoms with Gasteiger partial charge in [-0.2, -0.15) is 0 Å². The highest BCUT2D eigenvalue weighted by Crippen LogP contribution is 2.37. The molecule has 3 rings (SSSR count). The molecule has 1 aromatic carbocycles. The van der Waals surface area contributed by atoms with Crippen molar-refractivity contribution < 1.29 is 37.4 Å². The first-order valence-electron chi connectivity index (χ1n) is 9.23. The van der Waals surface area contributed by atoms with E-state index >= 15 is 0 Å². The number of carbonyl (C=O) groups excluding carboxylic acids is 4. The minimum atomic E-state index is -1.32. The molecule has 1 aliphatic heterocycles. The van der Waals surface area contributed by atoms with Crippen LogP contribution >= 0.6 is 0 Å². The zero-order valence-corrected chi connectivity index (χ0v) is 15.9. The Hall–Kier alpha value is -3.10. The predicted molar refractivity (Wildman–Crippen MR) is 95.9 cm³/mol. The van der Waals surface area contributed by atoms with Crippen molar-refractivity contribution >= 4 is 29.4 Å². The maximum atomic E-state index is 14.4. The van der Waals surface area contributed by atoms with Crippen LogP contribution in [-0.2, 0) is 23.9 Å². The van der Waals surface area contributed by atoms with E-state index in [9.17, 15) is 28.0 Å². The van der Waals surface area contributed by atoms with Crippen molar-refractivity contribution in [2.24, 2.45) is 0 Å². The first-order valence-corrected chi connectivity index (χ1v) is 9.23. The Morgan fingerprint density at radius 3 is 2.21 bits per heavy atom. The van der Waals surface area contributed by atoms with Gasteiger partial charge in [-0.1, -0.05) is 0 Å². The maximum Gasteiger partial charge on any atom is 0.347 e. The van der Waals surface area contributed by atoms with E-state index in [2.05, 4.69) is 0 Å². The van der Waals surface area contributed by atoms with E-state index in [4.69, 9.17) is 9.47 Å². The Morgan fingerprint density at radius 2 is 1.66 bits per heavy atom. The van der Waals surface area contributed by atoms with E-state index in [0.29, 0.717) is 35.0 Å². The molecule has 1 aliphatic carbocycles. The van der Waals surface area contributed by atoms with Crippen LogP contribution in [0.4, 0.5) is 14.5 Å². The van der Waals surface area contributed by atoms with Crippen LogP contribution < -0.4 is 4.90 Å². The second-order valence-corrected chi connectivity index (χ2v) is 6.69. The van der Waals surface area contributed by atoms with Gasteiger partial charge in [0.15, 0.2) is 6.10 Å². The largest absolute Gasteiger partial charge is 0.463 e. The average Bonchev–Trinajstić information content (AvgIpc) is 2.93. The number of esters is 2. The molecule has 7 nitrogen and oxygen atoms in total. The molecule has 0 N–H and O–H groups in total. The van der Waals surface area contributed by atoms with Crippen molar-refractivity contribution in [2.75, 3.05) is 11.5 Å². The van der Waals surface area contributed by atoms with E-state index in [0.717, 1.165) is 18.9 Å². The predicted octanol–water partition coefficient (Wildman–Crippen LogP) is 2.82. The van der Waals surface area contributed by atoms with Crippen molar-refractivity contribution in [3.63, 3.8) is 0 Å². The molecule has 2 amide bonds. The molecule has 1 heterocycles. The topological polar surface area (TPSA) is 90.0 Å². The van der Waals surface area contributed by atoms with E-state index < -0.39 is 52.7 Å². The number of hydrogen-bond donors (Lipinski definition) is 0. The second kappa shape index (κ2) is 8.10. The molecular formula is C20H19F2NO6. The lowest BCUT2D eigenvalue weighted by atomic mass is 9.93. The number of halogens is 2. The molecule has 1 aromatic rings. The molecule has 0 aromatic heterocycles. The summed E-state index contributed by atoms with van der Waals surface area (Å²) in [5.74, 6) is -5.83. The van der Waals surface area contributed by atoms with E-state index in [1.165, 1.54) is 6.92 Å². The summed E-state index contributed by atoms with van der Waals surface area (Å²) in [6.07, 6.45) is 0.970. The maximum absolute atomic E-state index is 14.4. The Morgan fingerprint density at radius 1 is 1.07 bits per heavy atom. The molecule has 0 saturated heterocycles.